The van der Waals surface area contributed by atoms with E-state index in [9.17, 15) is 41.9 Å². The number of aromatic nitrogens is 4. The van der Waals surface area contributed by atoms with Gasteiger partial charge in [0.25, 0.3) is 11.8 Å². The van der Waals surface area contributed by atoms with Crippen LogP contribution < -0.4 is 16.8 Å². The maximum absolute atomic E-state index is 15.4. The second kappa shape index (κ2) is 33.6. The van der Waals surface area contributed by atoms with Gasteiger partial charge in [-0.15, -0.1) is 12.4 Å². The summed E-state index contributed by atoms with van der Waals surface area (Å²) in [6.45, 7) is -0.0814. The van der Waals surface area contributed by atoms with Gasteiger partial charge in [-0.3, -0.25) is 28.8 Å². The number of alkyl halides is 2. The lowest BCUT2D eigenvalue weighted by Crippen LogP contribution is -2.42. The highest BCUT2D eigenvalue weighted by molar-refractivity contribution is 8.68. The molecule has 4 aromatic carbocycles. The van der Waals surface area contributed by atoms with Crippen LogP contribution in [0.4, 0.5) is 17.6 Å². The summed E-state index contributed by atoms with van der Waals surface area (Å²) in [5.74, 6) is -4.13. The van der Waals surface area contributed by atoms with Crippen LogP contribution in [0.1, 0.15) is 64.0 Å². The van der Waals surface area contributed by atoms with Crippen LogP contribution in [0.3, 0.4) is 0 Å². The number of carboxylic acid groups (broad SMARTS) is 1. The van der Waals surface area contributed by atoms with Crippen LogP contribution in [0, 0.1) is 11.6 Å². The Morgan fingerprint density at radius 3 is 1.50 bits per heavy atom. The van der Waals surface area contributed by atoms with Crippen LogP contribution in [0.25, 0.3) is 33.3 Å². The topological polar surface area (TPSA) is 225 Å². The monoisotopic (exact) mass is 1370 g/mol. The number of benzene rings is 4. The van der Waals surface area contributed by atoms with Gasteiger partial charge >= 0.3 is 5.97 Å². The Hall–Kier alpha value is -6.43. The van der Waals surface area contributed by atoms with Crippen molar-refractivity contribution in [1.29, 1.82) is 0 Å². The number of fused-ring (bicyclic) bond motifs is 2. The van der Waals surface area contributed by atoms with Crippen molar-refractivity contribution in [2.24, 2.45) is 11.5 Å². The lowest BCUT2D eigenvalue weighted by atomic mass is 9.96. The van der Waals surface area contributed by atoms with Crippen molar-refractivity contribution < 1.29 is 51.4 Å². The Labute approximate surface area is 531 Å². The number of nitrogens with zero attached hydrogens (tertiary/aromatic N) is 5. The smallest absolute Gasteiger partial charge is 0.311 e. The SMILES string of the molecule is C.Cl.NC(=O)c1nc(CC(=O)N2C[C@H](F)C[C@H]2C(=O)Cc2cccc(-c3ccccc3Cl)c2F)n2ccccc12.NC(=O)c1nc(CC(=O)O)n2ccccc12.O=C(Cc1cccc(-c2ccccc2Cl)c1F)[C@@H]1C[C@@H](F)CN1.S=S=S=S=S=S=S. The number of halogens is 7. The standard InChI is InChI=1S/C28H23ClF2N4O3.C18H16ClF2NO.C10H9N3O3.CH4.ClH.S7/c29-20-9-2-1-7-18(20)19-8-5-6-16(26(19)31)12-23(36)22-13-17(30)15-35(22)25(37)14-24-33-27(28(32)38)21-10-3-4-11-34(21)24;19-15-7-2-1-5-13(15)14-6-3-4-11(18(14)21)8-17(23)16-9-12(20)10-22-16;11-10(16)9-6-3-1-2-4-13(6)7(12-9)5-8(14)15;;;1-3-5-7-6-4-2/h1-11,17,22H,12-15H2,(H2,32,38);1-7,12,16,22H,8-10H2;1-4H,5H2,(H2,11,16)(H,14,15);1H4;1H;/t17-,22+;12-,16+;;;;/m11..../s1. The molecule has 4 atom stereocenters. The molecule has 2 saturated heterocycles. The summed E-state index contributed by atoms with van der Waals surface area (Å²) >= 11 is 21.5. The minimum atomic E-state index is -1.40. The van der Waals surface area contributed by atoms with E-state index in [0.29, 0.717) is 43.3 Å². The zero-order chi connectivity index (χ0) is 60.6. The number of nitrogens with two attached hydrogens (primary N) is 2. The summed E-state index contributed by atoms with van der Waals surface area (Å²) < 4.78 is 60.9. The van der Waals surface area contributed by atoms with E-state index in [1.54, 1.807) is 163 Å². The summed E-state index contributed by atoms with van der Waals surface area (Å²) in [6.07, 6.45) is -0.0462. The van der Waals surface area contributed by atoms with E-state index in [1.807, 2.05) is 0 Å². The fraction of sp³-hybridized carbons (Fsp3) is 0.228. The Kier molecular flexibility index (Phi) is 27.5. The van der Waals surface area contributed by atoms with Crippen molar-refractivity contribution in [3.8, 4) is 22.3 Å². The quantitative estimate of drug-likeness (QED) is 0.0748. The molecule has 29 heteroatoms. The van der Waals surface area contributed by atoms with Gasteiger partial charge in [-0.05, 0) is 47.5 Å². The van der Waals surface area contributed by atoms with E-state index in [0.717, 1.165) is 0 Å². The second-order valence-corrected chi connectivity index (χ2v) is 28.1. The molecule has 0 unspecified atom stereocenters. The van der Waals surface area contributed by atoms with Crippen molar-refractivity contribution >= 4 is 149 Å². The molecule has 6 N–H and O–H groups in total. The molecule has 2 aliphatic rings. The van der Waals surface area contributed by atoms with E-state index < -0.39 is 65.5 Å². The van der Waals surface area contributed by atoms with E-state index in [4.69, 9.17) is 39.8 Å². The number of amides is 3. The molecule has 15 nitrogen and oxygen atoms in total. The molecule has 10 rings (SSSR count). The molecule has 0 saturated carbocycles. The average molecular weight is 1370 g/mol. The minimum absolute atomic E-state index is 0. The van der Waals surface area contributed by atoms with Gasteiger partial charge in [0.2, 0.25) is 5.91 Å². The molecular formula is C57H53Cl3F4N8O7S7. The summed E-state index contributed by atoms with van der Waals surface area (Å²) in [6, 6.07) is 32.0. The summed E-state index contributed by atoms with van der Waals surface area (Å²) in [4.78, 5) is 81.6. The molecule has 0 aliphatic carbocycles. The molecule has 0 spiro atoms. The molecule has 6 heterocycles. The number of carboxylic acids is 1. The van der Waals surface area contributed by atoms with E-state index in [1.165, 1.54) is 28.7 Å². The van der Waals surface area contributed by atoms with Crippen molar-refractivity contribution in [1.82, 2.24) is 29.0 Å². The van der Waals surface area contributed by atoms with Gasteiger partial charge in [-0.25, -0.2) is 27.5 Å². The first-order valence-corrected chi connectivity index (χ1v) is 33.8. The highest BCUT2D eigenvalue weighted by Gasteiger charge is 2.40. The first-order chi connectivity index (χ1) is 40.3. The van der Waals surface area contributed by atoms with Gasteiger partial charge in [-0.1, -0.05) is 116 Å². The molecule has 3 amide bonds. The number of likely N-dealkylation sites (tertiary alicyclic amines) is 1. The number of pyridine rings is 2. The van der Waals surface area contributed by atoms with Crippen molar-refractivity contribution in [3.63, 3.8) is 0 Å². The predicted molar refractivity (Wildman–Crippen MR) is 345 cm³/mol. The second-order valence-electron chi connectivity index (χ2n) is 18.5. The lowest BCUT2D eigenvalue weighted by molar-refractivity contribution is -0.137. The first-order valence-electron chi connectivity index (χ1n) is 25.0. The van der Waals surface area contributed by atoms with Crippen LogP contribution >= 0.6 is 35.6 Å². The maximum Gasteiger partial charge on any atom is 0.311 e. The minimum Gasteiger partial charge on any atom is -0.481 e. The average Bonchev–Trinajstić information content (AvgIpc) is 2.76. The highest BCUT2D eigenvalue weighted by atomic mass is 35.5. The zero-order valence-corrected chi connectivity index (χ0v) is 52.0. The summed E-state index contributed by atoms with van der Waals surface area (Å²) in [5.41, 5.74) is 13.8. The molecule has 86 heavy (non-hydrogen) atoms. The van der Waals surface area contributed by atoms with E-state index in [2.05, 4.69) is 37.7 Å². The van der Waals surface area contributed by atoms with Crippen LogP contribution in [-0.2, 0) is 112 Å². The third-order valence-electron chi connectivity index (χ3n) is 13.1. The Balaban J connectivity index is 0.000000239. The highest BCUT2D eigenvalue weighted by Crippen LogP contribution is 2.34. The third kappa shape index (κ3) is 18.1. The van der Waals surface area contributed by atoms with Crippen molar-refractivity contribution in [2.75, 3.05) is 13.1 Å². The van der Waals surface area contributed by atoms with Crippen LogP contribution in [0.5, 0.6) is 0 Å². The van der Waals surface area contributed by atoms with Crippen molar-refractivity contribution in [2.45, 2.75) is 70.4 Å². The zero-order valence-electron chi connectivity index (χ0n) is 44.0. The Morgan fingerprint density at radius 2 is 1.06 bits per heavy atom. The number of carbonyl (C=O) groups excluding carboxylic acids is 5. The number of hydrogen-bond donors (Lipinski definition) is 4. The first kappa shape index (κ1) is 70.3. The van der Waals surface area contributed by atoms with Crippen LogP contribution in [0.2, 0.25) is 10.0 Å². The summed E-state index contributed by atoms with van der Waals surface area (Å²) in [5, 5.41) is 12.4. The number of ketones is 2. The van der Waals surface area contributed by atoms with Crippen molar-refractivity contribution in [3.05, 3.63) is 190 Å². The molecule has 2 aliphatic heterocycles. The molecule has 2 fully saturated rings. The van der Waals surface area contributed by atoms with Gasteiger partial charge in [0.15, 0.2) is 23.0 Å². The maximum atomic E-state index is 15.4. The number of Topliss-reactive ketones (excluding diaryl/α,β-unsaturated/α-hetero) is 2. The van der Waals surface area contributed by atoms with Crippen LogP contribution in [-0.4, -0.2) is 102 Å². The van der Waals surface area contributed by atoms with Crippen LogP contribution in [0.15, 0.2) is 134 Å². The van der Waals surface area contributed by atoms with E-state index in [-0.39, 0.29) is 111 Å². The molecule has 0 bridgehead atoms. The van der Waals surface area contributed by atoms with E-state index >= 15 is 4.39 Å². The fourth-order valence-electron chi connectivity index (χ4n) is 9.35. The lowest BCUT2D eigenvalue weighted by Gasteiger charge is -2.23. The number of nitrogens with one attached hydrogen (secondary N) is 1. The number of aliphatic carboxylic acids is 1. The van der Waals surface area contributed by atoms with Gasteiger partial charge in [-0.2, -0.15) is 0 Å². The van der Waals surface area contributed by atoms with Gasteiger partial charge in [0.05, 0.1) is 36.1 Å². The number of primary amides is 2. The molecule has 454 valence electrons. The third-order valence-corrected chi connectivity index (χ3v) is 22.6. The Bertz CT molecular complexity index is 4040. The Morgan fingerprint density at radius 1 is 0.605 bits per heavy atom. The number of rotatable bonds is 14. The number of hydrogen-bond acceptors (Lipinski definition) is 11. The van der Waals surface area contributed by atoms with Gasteiger partial charge in [0.1, 0.15) is 42.0 Å². The van der Waals surface area contributed by atoms with Gasteiger partial charge < -0.3 is 35.6 Å². The number of imidazole rings is 2. The molecule has 0 radical (unpaired) electrons. The normalized spacial score (nSPS) is 15.6. The van der Waals surface area contributed by atoms with Gasteiger partial charge in [0, 0.05) is 144 Å². The largest absolute Gasteiger partial charge is 0.481 e. The fourth-order valence-corrected chi connectivity index (χ4v) is 18.1. The predicted octanol–water partition coefficient (Wildman–Crippen LogP) is 9.25. The molecule has 8 aromatic rings. The molecular weight excluding hydrogens is 1320 g/mol. The molecule has 4 aromatic heterocycles. The number of carbonyl (C=O) groups is 6. The summed E-state index contributed by atoms with van der Waals surface area (Å²) in [7, 11) is 7.36.